The van der Waals surface area contributed by atoms with Crippen molar-refractivity contribution in [2.24, 2.45) is 5.73 Å². The van der Waals surface area contributed by atoms with E-state index in [4.69, 9.17) is 15.5 Å². The van der Waals surface area contributed by atoms with Crippen LogP contribution in [0.2, 0.25) is 0 Å². The van der Waals surface area contributed by atoms with E-state index < -0.39 is 11.0 Å². The van der Waals surface area contributed by atoms with Crippen molar-refractivity contribution in [2.75, 3.05) is 7.11 Å². The summed E-state index contributed by atoms with van der Waals surface area (Å²) in [5.74, 6) is 0.755. The Morgan fingerprint density at radius 2 is 1.63 bits per heavy atom. The van der Waals surface area contributed by atoms with Crippen LogP contribution >= 0.6 is 0 Å². The lowest BCUT2D eigenvalue weighted by Crippen LogP contribution is -2.41. The highest BCUT2D eigenvalue weighted by Crippen LogP contribution is 2.35. The Morgan fingerprint density at radius 1 is 0.951 bits per heavy atom. The van der Waals surface area contributed by atoms with Gasteiger partial charge in [-0.15, -0.1) is 0 Å². The van der Waals surface area contributed by atoms with Crippen molar-refractivity contribution in [3.8, 4) is 16.9 Å². The van der Waals surface area contributed by atoms with Crippen molar-refractivity contribution in [2.45, 2.75) is 58.5 Å². The molecule has 0 spiro atoms. The van der Waals surface area contributed by atoms with Gasteiger partial charge in [-0.3, -0.25) is 4.79 Å². The number of hydrogen-bond donors (Lipinski definition) is 1. The van der Waals surface area contributed by atoms with Gasteiger partial charge in [0.05, 0.1) is 36.1 Å². The molecule has 7 heteroatoms. The van der Waals surface area contributed by atoms with E-state index in [2.05, 4.69) is 20.8 Å². The van der Waals surface area contributed by atoms with Gasteiger partial charge in [0, 0.05) is 16.7 Å². The Labute approximate surface area is 240 Å². The highest BCUT2D eigenvalue weighted by molar-refractivity contribution is 5.68. The third kappa shape index (κ3) is 5.30. The average molecular weight is 553 g/mol. The number of imidazole rings is 1. The van der Waals surface area contributed by atoms with Gasteiger partial charge in [-0.2, -0.15) is 0 Å². The zero-order valence-corrected chi connectivity index (χ0v) is 24.5. The summed E-state index contributed by atoms with van der Waals surface area (Å²) in [6.45, 7) is 10.2. The van der Waals surface area contributed by atoms with Crippen molar-refractivity contribution < 1.29 is 9.13 Å². The van der Waals surface area contributed by atoms with Crippen molar-refractivity contribution in [3.63, 3.8) is 0 Å². The molecule has 3 aromatic carbocycles. The molecule has 0 fully saturated rings. The minimum atomic E-state index is -0.945. The minimum absolute atomic E-state index is 0.194. The van der Waals surface area contributed by atoms with Gasteiger partial charge in [0.1, 0.15) is 11.6 Å². The fraction of sp³-hybridized carbons (Fsp3) is 0.294. The molecule has 1 unspecified atom stereocenters. The molecule has 5 aromatic rings. The van der Waals surface area contributed by atoms with Crippen LogP contribution in [-0.2, 0) is 23.9 Å². The van der Waals surface area contributed by atoms with Gasteiger partial charge in [-0.1, -0.05) is 81.4 Å². The molecular weight excluding hydrogens is 515 g/mol. The lowest BCUT2D eigenvalue weighted by molar-refractivity contribution is 0.415. The summed E-state index contributed by atoms with van der Waals surface area (Å²) in [4.78, 5) is 19.7. The highest BCUT2D eigenvalue weighted by Gasteiger charge is 2.37. The van der Waals surface area contributed by atoms with E-state index in [1.165, 1.54) is 6.07 Å². The second kappa shape index (κ2) is 10.6. The third-order valence-electron chi connectivity index (χ3n) is 7.60. The summed E-state index contributed by atoms with van der Waals surface area (Å²) in [6.07, 6.45) is 0.500. The normalized spacial score (nSPS) is 13.4. The first-order chi connectivity index (χ1) is 19.4. The highest BCUT2D eigenvalue weighted by atomic mass is 19.1. The van der Waals surface area contributed by atoms with Crippen LogP contribution in [0.3, 0.4) is 0 Å². The van der Waals surface area contributed by atoms with Gasteiger partial charge in [0.25, 0.3) is 5.56 Å². The first-order valence-electron chi connectivity index (χ1n) is 13.8. The summed E-state index contributed by atoms with van der Waals surface area (Å²) >= 11 is 0. The summed E-state index contributed by atoms with van der Waals surface area (Å²) < 4.78 is 24.0. The Hall–Kier alpha value is -4.23. The largest absolute Gasteiger partial charge is 0.497 e. The van der Waals surface area contributed by atoms with Gasteiger partial charge in [0.2, 0.25) is 5.78 Å². The molecule has 2 aromatic heterocycles. The number of rotatable bonds is 7. The smallest absolute Gasteiger partial charge is 0.267 e. The number of fused-ring (bicyclic) bond motifs is 1. The summed E-state index contributed by atoms with van der Waals surface area (Å²) in [5.41, 5.74) is 10.4. The van der Waals surface area contributed by atoms with E-state index in [-0.39, 0.29) is 17.9 Å². The Kier molecular flexibility index (Phi) is 7.34. The van der Waals surface area contributed by atoms with Crippen LogP contribution in [0.1, 0.15) is 55.9 Å². The number of methoxy groups -OCH3 is 1. The lowest BCUT2D eigenvalue weighted by atomic mass is 9.82. The SMILES string of the molecule is COc1cccc(-c2c(C)n(Cc3ccccc3F)c3nc(C(C)(C)C)c(C(C)(N)Cc4ccccc4)n3c2=O)c1. The van der Waals surface area contributed by atoms with Crippen molar-refractivity contribution >= 4 is 5.78 Å². The average Bonchev–Trinajstić information content (AvgIpc) is 3.36. The maximum Gasteiger partial charge on any atom is 0.267 e. The number of nitrogens with two attached hydrogens (primary N) is 1. The first-order valence-corrected chi connectivity index (χ1v) is 13.8. The van der Waals surface area contributed by atoms with Gasteiger partial charge < -0.3 is 15.0 Å². The maximum absolute atomic E-state index is 15.0. The molecule has 2 heterocycles. The van der Waals surface area contributed by atoms with Crippen molar-refractivity contribution in [1.29, 1.82) is 0 Å². The fourth-order valence-electron chi connectivity index (χ4n) is 5.58. The monoisotopic (exact) mass is 552 g/mol. The number of halogens is 1. The molecule has 41 heavy (non-hydrogen) atoms. The maximum atomic E-state index is 15.0. The van der Waals surface area contributed by atoms with Crippen molar-refractivity contribution in [3.05, 3.63) is 123 Å². The predicted octanol–water partition coefficient (Wildman–Crippen LogP) is 6.38. The number of ether oxygens (including phenoxy) is 1. The van der Waals surface area contributed by atoms with Crippen LogP contribution in [0.5, 0.6) is 5.75 Å². The molecule has 0 aliphatic heterocycles. The Bertz CT molecular complexity index is 1780. The molecule has 2 N–H and O–H groups in total. The molecule has 0 bridgehead atoms. The number of benzene rings is 3. The van der Waals surface area contributed by atoms with Crippen LogP contribution in [0.4, 0.5) is 4.39 Å². The molecule has 0 saturated heterocycles. The predicted molar refractivity (Wildman–Crippen MR) is 162 cm³/mol. The first kappa shape index (κ1) is 28.3. The summed E-state index contributed by atoms with van der Waals surface area (Å²) in [5, 5.41) is 0. The van der Waals surface area contributed by atoms with E-state index in [0.717, 1.165) is 11.3 Å². The molecule has 0 radical (unpaired) electrons. The molecule has 6 nitrogen and oxygen atoms in total. The van der Waals surface area contributed by atoms with Gasteiger partial charge >= 0.3 is 0 Å². The lowest BCUT2D eigenvalue weighted by Gasteiger charge is -2.29. The van der Waals surface area contributed by atoms with Gasteiger partial charge in [0.15, 0.2) is 0 Å². The molecule has 0 saturated carbocycles. The van der Waals surface area contributed by atoms with Gasteiger partial charge in [-0.25, -0.2) is 13.8 Å². The van der Waals surface area contributed by atoms with Crippen molar-refractivity contribution in [1.82, 2.24) is 14.0 Å². The standard InChI is InChI=1S/C34H37FN4O2/c1-22-28(24-16-12-17-26(19-24)41-6)31(40)39-30(34(5,36)20-23-13-8-7-9-14-23)29(33(2,3)4)37-32(39)38(22)21-25-15-10-11-18-27(25)35/h7-19H,20-21,36H2,1-6H3. The summed E-state index contributed by atoms with van der Waals surface area (Å²) in [7, 11) is 1.60. The van der Waals surface area contributed by atoms with Crippen LogP contribution in [-0.4, -0.2) is 21.1 Å². The molecule has 212 valence electrons. The van der Waals surface area contributed by atoms with E-state index in [9.17, 15) is 9.18 Å². The quantitative estimate of drug-likeness (QED) is 0.254. The molecular formula is C34H37FN4O2. The van der Waals surface area contributed by atoms with E-state index in [1.807, 2.05) is 79.1 Å². The summed E-state index contributed by atoms with van der Waals surface area (Å²) in [6, 6.07) is 24.1. The van der Waals surface area contributed by atoms with Crippen LogP contribution in [0.15, 0.2) is 83.7 Å². The molecule has 0 aliphatic rings. The van der Waals surface area contributed by atoms with Crippen LogP contribution in [0.25, 0.3) is 16.9 Å². The topological polar surface area (TPSA) is 74.6 Å². The molecule has 0 amide bonds. The minimum Gasteiger partial charge on any atom is -0.497 e. The zero-order chi connectivity index (χ0) is 29.5. The van der Waals surface area contributed by atoms with Crippen LogP contribution in [0, 0.1) is 12.7 Å². The van der Waals surface area contributed by atoms with E-state index in [1.54, 1.807) is 23.6 Å². The number of hydrogen-bond acceptors (Lipinski definition) is 4. The third-order valence-corrected chi connectivity index (χ3v) is 7.60. The Balaban J connectivity index is 1.90. The molecule has 1 atom stereocenters. The zero-order valence-electron chi connectivity index (χ0n) is 24.5. The second-order valence-corrected chi connectivity index (χ2v) is 11.9. The molecule has 0 aliphatic carbocycles. The van der Waals surface area contributed by atoms with E-state index in [0.29, 0.717) is 46.0 Å². The van der Waals surface area contributed by atoms with Crippen LogP contribution < -0.4 is 16.0 Å². The number of aromatic nitrogens is 3. The van der Waals surface area contributed by atoms with E-state index >= 15 is 0 Å². The Morgan fingerprint density at radius 3 is 2.29 bits per heavy atom. The molecule has 5 rings (SSSR count). The number of nitrogens with zero attached hydrogens (tertiary/aromatic N) is 3. The van der Waals surface area contributed by atoms with Gasteiger partial charge in [-0.05, 0) is 49.6 Å². The fourth-order valence-corrected chi connectivity index (χ4v) is 5.58. The second-order valence-electron chi connectivity index (χ2n) is 11.9.